The number of fused-ring (bicyclic) bond motifs is 1. The van der Waals surface area contributed by atoms with Crippen LogP contribution in [-0.2, 0) is 14.4 Å². The van der Waals surface area contributed by atoms with E-state index >= 15 is 0 Å². The summed E-state index contributed by atoms with van der Waals surface area (Å²) in [5.74, 6) is -0.0529. The maximum atomic E-state index is 13.4. The monoisotopic (exact) mass is 482 g/mol. The van der Waals surface area contributed by atoms with Crippen LogP contribution in [0, 0.1) is 0 Å². The molecule has 0 saturated carbocycles. The predicted octanol–water partition coefficient (Wildman–Crippen LogP) is 4.14. The molecule has 1 unspecified atom stereocenters. The third kappa shape index (κ3) is 4.70. The number of carbonyl (C=O) groups is 3. The second kappa shape index (κ2) is 10.0. The van der Waals surface area contributed by atoms with Gasteiger partial charge in [-0.2, -0.15) is 5.10 Å². The fourth-order valence-corrected chi connectivity index (χ4v) is 4.55. The number of rotatable bonds is 6. The van der Waals surface area contributed by atoms with Gasteiger partial charge in [-0.05, 0) is 35.4 Å². The lowest BCUT2D eigenvalue weighted by Crippen LogP contribution is -2.42. The molecule has 2 aliphatic rings. The standard InChI is InChI=1S/C28H26N4O4/c1-36-21-13-11-20(12-14-21)25-17-23(19-7-3-2-4-8-19)30-32(25)28(35)16-15-27(34)31-18-26(33)29-22-9-5-6-10-24(22)31/h2-14,25H,15-18H2,1H3,(H,29,33). The number of hydrogen-bond donors (Lipinski definition) is 1. The zero-order valence-electron chi connectivity index (χ0n) is 19.9. The smallest absolute Gasteiger partial charge is 0.244 e. The average molecular weight is 483 g/mol. The van der Waals surface area contributed by atoms with Crippen molar-refractivity contribution >= 4 is 34.8 Å². The van der Waals surface area contributed by atoms with Crippen molar-refractivity contribution < 1.29 is 19.1 Å². The van der Waals surface area contributed by atoms with Crippen LogP contribution >= 0.6 is 0 Å². The minimum Gasteiger partial charge on any atom is -0.497 e. The first-order valence-corrected chi connectivity index (χ1v) is 11.8. The Morgan fingerprint density at radius 2 is 1.64 bits per heavy atom. The quantitative estimate of drug-likeness (QED) is 0.572. The molecule has 1 atom stereocenters. The van der Waals surface area contributed by atoms with E-state index in [1.54, 1.807) is 25.3 Å². The van der Waals surface area contributed by atoms with Crippen molar-refractivity contribution in [2.24, 2.45) is 5.10 Å². The first-order valence-electron chi connectivity index (χ1n) is 11.8. The Kier molecular flexibility index (Phi) is 6.49. The summed E-state index contributed by atoms with van der Waals surface area (Å²) < 4.78 is 5.27. The lowest BCUT2D eigenvalue weighted by Gasteiger charge is -2.29. The van der Waals surface area contributed by atoms with Crippen LogP contribution in [0.1, 0.15) is 36.4 Å². The summed E-state index contributed by atoms with van der Waals surface area (Å²) in [5, 5.41) is 8.94. The van der Waals surface area contributed by atoms with Gasteiger partial charge in [-0.25, -0.2) is 5.01 Å². The molecule has 36 heavy (non-hydrogen) atoms. The number of hydrazone groups is 1. The van der Waals surface area contributed by atoms with E-state index in [1.807, 2.05) is 60.7 Å². The van der Waals surface area contributed by atoms with Gasteiger partial charge in [0.25, 0.3) is 0 Å². The summed E-state index contributed by atoms with van der Waals surface area (Å²) >= 11 is 0. The number of ether oxygens (including phenoxy) is 1. The van der Waals surface area contributed by atoms with Crippen molar-refractivity contribution in [3.05, 3.63) is 90.0 Å². The molecule has 0 fully saturated rings. The molecule has 0 radical (unpaired) electrons. The lowest BCUT2D eigenvalue weighted by atomic mass is 9.98. The molecule has 0 bridgehead atoms. The fraction of sp³-hybridized carbons (Fsp3) is 0.214. The summed E-state index contributed by atoms with van der Waals surface area (Å²) in [4.78, 5) is 40.0. The van der Waals surface area contributed by atoms with Gasteiger partial charge in [0.15, 0.2) is 0 Å². The largest absolute Gasteiger partial charge is 0.497 e. The zero-order valence-corrected chi connectivity index (χ0v) is 19.9. The van der Waals surface area contributed by atoms with Gasteiger partial charge in [-0.1, -0.05) is 54.6 Å². The highest BCUT2D eigenvalue weighted by Gasteiger charge is 2.34. The Hall–Kier alpha value is -4.46. The van der Waals surface area contributed by atoms with E-state index in [4.69, 9.17) is 4.74 Å². The number of nitrogens with one attached hydrogen (secondary N) is 1. The Bertz CT molecular complexity index is 1320. The molecule has 2 aliphatic heterocycles. The average Bonchev–Trinajstić information content (AvgIpc) is 3.37. The highest BCUT2D eigenvalue weighted by molar-refractivity contribution is 6.10. The van der Waals surface area contributed by atoms with Crippen molar-refractivity contribution in [1.82, 2.24) is 5.01 Å². The molecule has 0 spiro atoms. The van der Waals surface area contributed by atoms with Crippen molar-refractivity contribution in [3.63, 3.8) is 0 Å². The molecule has 3 amide bonds. The van der Waals surface area contributed by atoms with E-state index in [1.165, 1.54) is 9.91 Å². The van der Waals surface area contributed by atoms with Gasteiger partial charge in [-0.3, -0.25) is 14.4 Å². The highest BCUT2D eigenvalue weighted by Crippen LogP contribution is 2.35. The van der Waals surface area contributed by atoms with Crippen LogP contribution in [-0.4, -0.2) is 42.1 Å². The van der Waals surface area contributed by atoms with Crippen molar-refractivity contribution in [1.29, 1.82) is 0 Å². The zero-order chi connectivity index (χ0) is 25.1. The minimum atomic E-state index is -0.282. The Morgan fingerprint density at radius 1 is 0.944 bits per heavy atom. The molecule has 0 aromatic heterocycles. The van der Waals surface area contributed by atoms with E-state index in [9.17, 15) is 14.4 Å². The van der Waals surface area contributed by atoms with E-state index in [0.29, 0.717) is 17.8 Å². The number of nitrogens with zero attached hydrogens (tertiary/aromatic N) is 3. The summed E-state index contributed by atoms with van der Waals surface area (Å²) in [7, 11) is 1.61. The Balaban J connectivity index is 1.34. The van der Waals surface area contributed by atoms with Crippen LogP contribution < -0.4 is 15.0 Å². The maximum Gasteiger partial charge on any atom is 0.244 e. The molecule has 5 rings (SSSR count). The molecular formula is C28H26N4O4. The minimum absolute atomic E-state index is 0.0165. The van der Waals surface area contributed by atoms with Crippen LogP contribution in [0.25, 0.3) is 0 Å². The molecular weight excluding hydrogens is 456 g/mol. The number of benzene rings is 3. The summed E-state index contributed by atoms with van der Waals surface area (Å²) in [6.07, 6.45) is 0.523. The van der Waals surface area contributed by atoms with E-state index in [2.05, 4.69) is 10.4 Å². The summed E-state index contributed by atoms with van der Waals surface area (Å²) in [6, 6.07) is 24.2. The lowest BCUT2D eigenvalue weighted by molar-refractivity contribution is -0.134. The first-order chi connectivity index (χ1) is 17.5. The highest BCUT2D eigenvalue weighted by atomic mass is 16.5. The van der Waals surface area contributed by atoms with E-state index in [-0.39, 0.29) is 43.1 Å². The number of para-hydroxylation sites is 2. The molecule has 0 aliphatic carbocycles. The third-order valence-electron chi connectivity index (χ3n) is 6.40. The fourth-order valence-electron chi connectivity index (χ4n) is 4.55. The van der Waals surface area contributed by atoms with Gasteiger partial charge in [0.2, 0.25) is 17.7 Å². The second-order valence-corrected chi connectivity index (χ2v) is 8.69. The normalized spacial score (nSPS) is 16.8. The van der Waals surface area contributed by atoms with Crippen LogP contribution in [0.4, 0.5) is 11.4 Å². The number of carbonyl (C=O) groups excluding carboxylic acids is 3. The summed E-state index contributed by atoms with van der Waals surface area (Å²) in [6.45, 7) is -0.0709. The van der Waals surface area contributed by atoms with Gasteiger partial charge in [0.05, 0.1) is 30.2 Å². The second-order valence-electron chi connectivity index (χ2n) is 8.69. The number of methoxy groups -OCH3 is 1. The topological polar surface area (TPSA) is 91.3 Å². The summed E-state index contributed by atoms with van der Waals surface area (Å²) in [5.41, 5.74) is 3.93. The molecule has 8 heteroatoms. The van der Waals surface area contributed by atoms with Gasteiger partial charge in [0.1, 0.15) is 12.3 Å². The van der Waals surface area contributed by atoms with Gasteiger partial charge < -0.3 is 15.0 Å². The van der Waals surface area contributed by atoms with Gasteiger partial charge in [-0.15, -0.1) is 0 Å². The van der Waals surface area contributed by atoms with Gasteiger partial charge >= 0.3 is 0 Å². The molecule has 8 nitrogen and oxygen atoms in total. The molecule has 3 aromatic carbocycles. The third-order valence-corrected chi connectivity index (χ3v) is 6.40. The van der Waals surface area contributed by atoms with Crippen LogP contribution in [0.2, 0.25) is 0 Å². The van der Waals surface area contributed by atoms with Crippen LogP contribution in [0.5, 0.6) is 5.75 Å². The van der Waals surface area contributed by atoms with Crippen LogP contribution in [0.15, 0.2) is 84.0 Å². The van der Waals surface area contributed by atoms with E-state index in [0.717, 1.165) is 22.6 Å². The van der Waals surface area contributed by atoms with Gasteiger partial charge in [0, 0.05) is 19.3 Å². The SMILES string of the molecule is COc1ccc(C2CC(c3ccccc3)=NN2C(=O)CCC(=O)N2CC(=O)Nc3ccccc32)cc1. The molecule has 182 valence electrons. The number of anilines is 2. The predicted molar refractivity (Wildman–Crippen MR) is 137 cm³/mol. The number of hydrogen-bond acceptors (Lipinski definition) is 5. The molecule has 3 aromatic rings. The number of amides is 3. The van der Waals surface area contributed by atoms with Crippen molar-refractivity contribution in [3.8, 4) is 5.75 Å². The first kappa shape index (κ1) is 23.3. The van der Waals surface area contributed by atoms with Crippen molar-refractivity contribution in [2.45, 2.75) is 25.3 Å². The Labute approximate surface area is 209 Å². The van der Waals surface area contributed by atoms with Crippen molar-refractivity contribution in [2.75, 3.05) is 23.9 Å². The maximum absolute atomic E-state index is 13.4. The van der Waals surface area contributed by atoms with Crippen LogP contribution in [0.3, 0.4) is 0 Å². The Morgan fingerprint density at radius 3 is 2.39 bits per heavy atom. The molecule has 0 saturated heterocycles. The van der Waals surface area contributed by atoms with E-state index < -0.39 is 0 Å². The molecule has 2 heterocycles. The molecule has 1 N–H and O–H groups in total.